The van der Waals surface area contributed by atoms with E-state index in [2.05, 4.69) is 31.2 Å². The van der Waals surface area contributed by atoms with Gasteiger partial charge in [-0.15, -0.1) is 0 Å². The van der Waals surface area contributed by atoms with Gasteiger partial charge in [0.1, 0.15) is 0 Å². The van der Waals surface area contributed by atoms with Crippen LogP contribution in [0.5, 0.6) is 0 Å². The zero-order valence-electron chi connectivity index (χ0n) is 7.72. The van der Waals surface area contributed by atoms with Gasteiger partial charge in [-0.3, -0.25) is 0 Å². The van der Waals surface area contributed by atoms with Crippen LogP contribution in [0.1, 0.15) is 24.5 Å². The molecule has 0 aliphatic heterocycles. The van der Waals surface area contributed by atoms with E-state index in [4.69, 9.17) is 5.41 Å². The molecule has 0 heterocycles. The molecule has 0 spiro atoms. The minimum absolute atomic E-state index is 0.802. The molecule has 12 heavy (non-hydrogen) atoms. The summed E-state index contributed by atoms with van der Waals surface area (Å²) in [4.78, 5) is 0. The van der Waals surface area contributed by atoms with Crippen molar-refractivity contribution in [2.24, 2.45) is 0 Å². The van der Waals surface area contributed by atoms with Gasteiger partial charge in [0.25, 0.3) is 0 Å². The average molecular weight is 161 g/mol. The van der Waals surface area contributed by atoms with Crippen molar-refractivity contribution < 1.29 is 0 Å². The van der Waals surface area contributed by atoms with Crippen LogP contribution in [0.3, 0.4) is 0 Å². The number of benzene rings is 1. The Balaban J connectivity index is 2.64. The maximum absolute atomic E-state index is 7.53. The van der Waals surface area contributed by atoms with Gasteiger partial charge in [0.05, 0.1) is 0 Å². The largest absolute Gasteiger partial charge is 0.309 e. The third-order valence-electron chi connectivity index (χ3n) is 1.96. The van der Waals surface area contributed by atoms with Crippen LogP contribution in [-0.4, -0.2) is 5.71 Å². The highest BCUT2D eigenvalue weighted by Crippen LogP contribution is 2.05. The number of hydrogen-bond acceptors (Lipinski definition) is 1. The van der Waals surface area contributed by atoms with Crippen LogP contribution in [-0.2, 0) is 6.42 Å². The summed E-state index contributed by atoms with van der Waals surface area (Å²) in [6.07, 6.45) is 1.66. The Morgan fingerprint density at radius 2 is 1.83 bits per heavy atom. The summed E-state index contributed by atoms with van der Waals surface area (Å²) in [5.74, 6) is 0. The van der Waals surface area contributed by atoms with Gasteiger partial charge in [-0.1, -0.05) is 36.8 Å². The molecule has 1 aromatic rings. The molecule has 0 fully saturated rings. The first kappa shape index (κ1) is 8.98. The van der Waals surface area contributed by atoms with E-state index in [0.717, 1.165) is 18.6 Å². The summed E-state index contributed by atoms with van der Waals surface area (Å²) < 4.78 is 0. The lowest BCUT2D eigenvalue weighted by atomic mass is 10.1. The summed E-state index contributed by atoms with van der Waals surface area (Å²) in [7, 11) is 0. The molecule has 0 radical (unpaired) electrons. The summed E-state index contributed by atoms with van der Waals surface area (Å²) in [5.41, 5.74) is 3.33. The standard InChI is InChI=1S/C11H15N/c1-3-11(12)8-10-6-4-9(2)5-7-10/h4-7,12H,3,8H2,1-2H3. The molecule has 0 unspecified atom stereocenters. The quantitative estimate of drug-likeness (QED) is 0.659. The van der Waals surface area contributed by atoms with E-state index >= 15 is 0 Å². The Morgan fingerprint density at radius 3 is 2.33 bits per heavy atom. The molecule has 0 saturated heterocycles. The third kappa shape index (κ3) is 2.50. The highest BCUT2D eigenvalue weighted by atomic mass is 14.4. The van der Waals surface area contributed by atoms with Crippen LogP contribution in [0.25, 0.3) is 0 Å². The van der Waals surface area contributed by atoms with Crippen molar-refractivity contribution in [3.8, 4) is 0 Å². The van der Waals surface area contributed by atoms with Crippen LogP contribution in [0.15, 0.2) is 24.3 Å². The molecule has 1 aromatic carbocycles. The summed E-state index contributed by atoms with van der Waals surface area (Å²) >= 11 is 0. The molecule has 0 saturated carbocycles. The number of nitrogens with one attached hydrogen (secondary N) is 1. The van der Waals surface area contributed by atoms with Crippen molar-refractivity contribution in [3.63, 3.8) is 0 Å². The maximum Gasteiger partial charge on any atom is 0.0130 e. The lowest BCUT2D eigenvalue weighted by molar-refractivity contribution is 1.15. The van der Waals surface area contributed by atoms with E-state index in [1.807, 2.05) is 6.92 Å². The molecule has 0 aromatic heterocycles. The monoisotopic (exact) mass is 161 g/mol. The Labute approximate surface area is 73.9 Å². The van der Waals surface area contributed by atoms with Gasteiger partial charge in [0, 0.05) is 12.1 Å². The Bertz CT molecular complexity index is 259. The Hall–Kier alpha value is -1.11. The van der Waals surface area contributed by atoms with Crippen LogP contribution >= 0.6 is 0 Å². The maximum atomic E-state index is 7.53. The van der Waals surface area contributed by atoms with E-state index in [9.17, 15) is 0 Å². The lowest BCUT2D eigenvalue weighted by Crippen LogP contribution is -1.98. The van der Waals surface area contributed by atoms with Gasteiger partial charge >= 0.3 is 0 Å². The zero-order chi connectivity index (χ0) is 8.97. The van der Waals surface area contributed by atoms with Crippen LogP contribution in [0, 0.1) is 12.3 Å². The molecule has 64 valence electrons. The summed E-state index contributed by atoms with van der Waals surface area (Å²) in [6, 6.07) is 8.38. The first-order valence-electron chi connectivity index (χ1n) is 4.34. The highest BCUT2D eigenvalue weighted by Gasteiger charge is 1.95. The van der Waals surface area contributed by atoms with Crippen molar-refractivity contribution in [3.05, 3.63) is 35.4 Å². The van der Waals surface area contributed by atoms with Crippen molar-refractivity contribution in [1.29, 1.82) is 5.41 Å². The molecule has 0 aliphatic carbocycles. The molecule has 1 nitrogen and oxygen atoms in total. The van der Waals surface area contributed by atoms with E-state index in [-0.39, 0.29) is 0 Å². The molecule has 0 amide bonds. The van der Waals surface area contributed by atoms with Crippen molar-refractivity contribution >= 4 is 5.71 Å². The van der Waals surface area contributed by atoms with Crippen molar-refractivity contribution in [2.75, 3.05) is 0 Å². The Morgan fingerprint density at radius 1 is 1.25 bits per heavy atom. The molecule has 0 aliphatic rings. The van der Waals surface area contributed by atoms with Gasteiger partial charge in [0.15, 0.2) is 0 Å². The first-order chi connectivity index (χ1) is 5.72. The molecular formula is C11H15N. The molecule has 1 heteroatoms. The summed E-state index contributed by atoms with van der Waals surface area (Å²) in [5, 5.41) is 7.53. The molecule has 0 atom stereocenters. The van der Waals surface area contributed by atoms with Gasteiger partial charge in [-0.25, -0.2) is 0 Å². The van der Waals surface area contributed by atoms with Crippen LogP contribution in [0.4, 0.5) is 0 Å². The van der Waals surface area contributed by atoms with Crippen LogP contribution < -0.4 is 0 Å². The lowest BCUT2D eigenvalue weighted by Gasteiger charge is -2.01. The minimum atomic E-state index is 0.802. The molecule has 1 rings (SSSR count). The summed E-state index contributed by atoms with van der Waals surface area (Å²) in [6.45, 7) is 4.10. The van der Waals surface area contributed by atoms with Gasteiger partial charge in [0.2, 0.25) is 0 Å². The number of hydrogen-bond donors (Lipinski definition) is 1. The molecule has 0 bridgehead atoms. The van der Waals surface area contributed by atoms with E-state index in [1.54, 1.807) is 0 Å². The second-order valence-corrected chi connectivity index (χ2v) is 3.12. The average Bonchev–Trinajstić information content (AvgIpc) is 2.09. The first-order valence-corrected chi connectivity index (χ1v) is 4.34. The highest BCUT2D eigenvalue weighted by molar-refractivity contribution is 5.83. The van der Waals surface area contributed by atoms with Crippen molar-refractivity contribution in [2.45, 2.75) is 26.7 Å². The number of rotatable bonds is 3. The minimum Gasteiger partial charge on any atom is -0.309 e. The molecular weight excluding hydrogens is 146 g/mol. The number of aryl methyl sites for hydroxylation is 1. The predicted molar refractivity (Wildman–Crippen MR) is 52.9 cm³/mol. The van der Waals surface area contributed by atoms with Crippen LogP contribution in [0.2, 0.25) is 0 Å². The fraction of sp³-hybridized carbons (Fsp3) is 0.364. The predicted octanol–water partition coefficient (Wildman–Crippen LogP) is 2.97. The topological polar surface area (TPSA) is 23.9 Å². The second-order valence-electron chi connectivity index (χ2n) is 3.12. The van der Waals surface area contributed by atoms with E-state index in [0.29, 0.717) is 0 Å². The fourth-order valence-corrected chi connectivity index (χ4v) is 1.08. The Kier molecular flexibility index (Phi) is 3.03. The SMILES string of the molecule is CCC(=N)Cc1ccc(C)cc1. The van der Waals surface area contributed by atoms with Gasteiger partial charge in [-0.05, 0) is 18.9 Å². The van der Waals surface area contributed by atoms with Crippen molar-refractivity contribution in [1.82, 2.24) is 0 Å². The zero-order valence-corrected chi connectivity index (χ0v) is 7.72. The third-order valence-corrected chi connectivity index (χ3v) is 1.96. The second kappa shape index (κ2) is 4.05. The van der Waals surface area contributed by atoms with E-state index < -0.39 is 0 Å². The van der Waals surface area contributed by atoms with Gasteiger partial charge in [-0.2, -0.15) is 0 Å². The fourth-order valence-electron chi connectivity index (χ4n) is 1.08. The van der Waals surface area contributed by atoms with E-state index in [1.165, 1.54) is 11.1 Å². The molecule has 1 N–H and O–H groups in total. The smallest absolute Gasteiger partial charge is 0.0130 e. The normalized spacial score (nSPS) is 9.83. The van der Waals surface area contributed by atoms with Gasteiger partial charge < -0.3 is 5.41 Å².